The Morgan fingerprint density at radius 1 is 1.38 bits per heavy atom. The molecule has 0 spiro atoms. The largest absolute Gasteiger partial charge is 0.327 e. The van der Waals surface area contributed by atoms with Gasteiger partial charge in [0.1, 0.15) is 5.82 Å². The van der Waals surface area contributed by atoms with Crippen LogP contribution in [0.15, 0.2) is 18.2 Å². The zero-order valence-corrected chi connectivity index (χ0v) is 13.4. The highest BCUT2D eigenvalue weighted by Gasteiger charge is 2.14. The van der Waals surface area contributed by atoms with Crippen molar-refractivity contribution >= 4 is 11.6 Å². The van der Waals surface area contributed by atoms with Crippen LogP contribution in [-0.2, 0) is 13.0 Å². The van der Waals surface area contributed by atoms with Crippen molar-refractivity contribution in [3.63, 3.8) is 0 Å². The van der Waals surface area contributed by atoms with E-state index in [9.17, 15) is 4.39 Å². The Kier molecular flexibility index (Phi) is 5.01. The van der Waals surface area contributed by atoms with Gasteiger partial charge in [-0.15, -0.1) is 0 Å². The predicted molar refractivity (Wildman–Crippen MR) is 84.2 cm³/mol. The molecule has 2 aromatic rings. The van der Waals surface area contributed by atoms with Gasteiger partial charge in [0.25, 0.3) is 0 Å². The Morgan fingerprint density at radius 2 is 2.10 bits per heavy atom. The molecular weight excluding hydrogens is 289 g/mol. The molecule has 5 heteroatoms. The number of benzene rings is 1. The van der Waals surface area contributed by atoms with Crippen molar-refractivity contribution in [2.45, 2.75) is 46.2 Å². The molecule has 21 heavy (non-hydrogen) atoms. The monoisotopic (exact) mass is 309 g/mol. The van der Waals surface area contributed by atoms with Crippen molar-refractivity contribution in [2.24, 2.45) is 5.73 Å². The fourth-order valence-corrected chi connectivity index (χ4v) is 2.60. The molecule has 114 valence electrons. The van der Waals surface area contributed by atoms with Crippen molar-refractivity contribution in [2.75, 3.05) is 0 Å². The molecule has 1 atom stereocenters. The van der Waals surface area contributed by atoms with Gasteiger partial charge in [0, 0.05) is 11.7 Å². The summed E-state index contributed by atoms with van der Waals surface area (Å²) in [6, 6.07) is 4.91. The van der Waals surface area contributed by atoms with E-state index in [1.165, 1.54) is 11.6 Å². The van der Waals surface area contributed by atoms with E-state index in [0.717, 1.165) is 29.8 Å². The first-order valence-electron chi connectivity index (χ1n) is 7.14. The molecule has 3 nitrogen and oxygen atoms in total. The molecule has 0 amide bonds. The fraction of sp³-hybridized carbons (Fsp3) is 0.438. The molecule has 0 bridgehead atoms. The summed E-state index contributed by atoms with van der Waals surface area (Å²) in [7, 11) is 0. The van der Waals surface area contributed by atoms with Gasteiger partial charge < -0.3 is 5.73 Å². The second kappa shape index (κ2) is 6.58. The number of hydrogen-bond donors (Lipinski definition) is 1. The third-order valence-corrected chi connectivity index (χ3v) is 4.13. The maximum Gasteiger partial charge on any atom is 0.141 e. The summed E-state index contributed by atoms with van der Waals surface area (Å²) in [6.07, 6.45) is 1.77. The number of hydrogen-bond acceptors (Lipinski definition) is 2. The van der Waals surface area contributed by atoms with Crippen LogP contribution in [0.3, 0.4) is 0 Å². The smallest absolute Gasteiger partial charge is 0.141 e. The lowest BCUT2D eigenvalue weighted by Gasteiger charge is -2.10. The first kappa shape index (κ1) is 16.0. The molecule has 0 radical (unpaired) electrons. The zero-order chi connectivity index (χ0) is 15.6. The molecule has 1 aromatic carbocycles. The van der Waals surface area contributed by atoms with E-state index in [4.69, 9.17) is 17.3 Å². The first-order valence-corrected chi connectivity index (χ1v) is 7.52. The molecule has 2 N–H and O–H groups in total. The van der Waals surface area contributed by atoms with E-state index in [2.05, 4.69) is 12.0 Å². The van der Waals surface area contributed by atoms with E-state index in [0.29, 0.717) is 6.54 Å². The Morgan fingerprint density at radius 3 is 2.71 bits per heavy atom. The Bertz CT molecular complexity index is 637. The summed E-state index contributed by atoms with van der Waals surface area (Å²) < 4.78 is 15.1. The minimum atomic E-state index is -0.400. The SMILES string of the molecule is CCC(N)Cc1c(C)nn(Cc2ccc(F)c(Cl)c2)c1C. The number of rotatable bonds is 5. The van der Waals surface area contributed by atoms with Crippen molar-refractivity contribution in [3.8, 4) is 0 Å². The van der Waals surface area contributed by atoms with Crippen LogP contribution < -0.4 is 5.73 Å². The van der Waals surface area contributed by atoms with Crippen molar-refractivity contribution < 1.29 is 4.39 Å². The molecule has 1 aromatic heterocycles. The number of halogens is 2. The van der Waals surface area contributed by atoms with Crippen LogP contribution >= 0.6 is 11.6 Å². The third kappa shape index (κ3) is 3.63. The maximum atomic E-state index is 13.2. The predicted octanol–water partition coefficient (Wildman–Crippen LogP) is 3.62. The molecule has 0 fully saturated rings. The zero-order valence-electron chi connectivity index (χ0n) is 12.7. The highest BCUT2D eigenvalue weighted by Crippen LogP contribution is 2.20. The van der Waals surface area contributed by atoms with Crippen LogP contribution in [0.1, 0.15) is 35.9 Å². The van der Waals surface area contributed by atoms with Crippen LogP contribution in [-0.4, -0.2) is 15.8 Å². The van der Waals surface area contributed by atoms with Gasteiger partial charge >= 0.3 is 0 Å². The first-order chi connectivity index (χ1) is 9.92. The average molecular weight is 310 g/mol. The minimum Gasteiger partial charge on any atom is -0.327 e. The second-order valence-electron chi connectivity index (χ2n) is 5.43. The van der Waals surface area contributed by atoms with Gasteiger partial charge in [-0.05, 0) is 49.9 Å². The Balaban J connectivity index is 2.24. The lowest BCUT2D eigenvalue weighted by molar-refractivity contribution is 0.621. The number of nitrogens with zero attached hydrogens (tertiary/aromatic N) is 2. The van der Waals surface area contributed by atoms with Crippen molar-refractivity contribution in [3.05, 3.63) is 51.6 Å². The van der Waals surface area contributed by atoms with Crippen LogP contribution in [0.2, 0.25) is 5.02 Å². The quantitative estimate of drug-likeness (QED) is 0.916. The number of aryl methyl sites for hydroxylation is 1. The topological polar surface area (TPSA) is 43.8 Å². The number of nitrogens with two attached hydrogens (primary N) is 1. The second-order valence-corrected chi connectivity index (χ2v) is 5.84. The Labute approximate surface area is 129 Å². The summed E-state index contributed by atoms with van der Waals surface area (Å²) in [5.41, 5.74) is 10.3. The van der Waals surface area contributed by atoms with Gasteiger partial charge in [-0.2, -0.15) is 5.10 Å². The van der Waals surface area contributed by atoms with Gasteiger partial charge in [0.05, 0.1) is 17.3 Å². The van der Waals surface area contributed by atoms with Gasteiger partial charge in [-0.3, -0.25) is 4.68 Å². The number of aromatic nitrogens is 2. The summed E-state index contributed by atoms with van der Waals surface area (Å²) in [6.45, 7) is 6.70. The van der Waals surface area contributed by atoms with Gasteiger partial charge in [0.2, 0.25) is 0 Å². The van der Waals surface area contributed by atoms with Gasteiger partial charge in [0.15, 0.2) is 0 Å². The average Bonchev–Trinajstić information content (AvgIpc) is 2.70. The van der Waals surface area contributed by atoms with Crippen LogP contribution in [0, 0.1) is 19.7 Å². The van der Waals surface area contributed by atoms with E-state index in [1.807, 2.05) is 18.5 Å². The van der Waals surface area contributed by atoms with Crippen LogP contribution in [0.25, 0.3) is 0 Å². The lowest BCUT2D eigenvalue weighted by atomic mass is 10.0. The summed E-state index contributed by atoms with van der Waals surface area (Å²) >= 11 is 5.82. The standard InChI is InChI=1S/C16H21ClFN3/c1-4-13(19)8-14-10(2)20-21(11(14)3)9-12-5-6-16(18)15(17)7-12/h5-7,13H,4,8-9,19H2,1-3H3. The molecule has 0 saturated carbocycles. The molecule has 0 aliphatic carbocycles. The molecule has 0 saturated heterocycles. The molecule has 1 unspecified atom stereocenters. The van der Waals surface area contributed by atoms with E-state index < -0.39 is 5.82 Å². The maximum absolute atomic E-state index is 13.2. The molecule has 0 aliphatic heterocycles. The van der Waals surface area contributed by atoms with E-state index in [1.54, 1.807) is 12.1 Å². The highest BCUT2D eigenvalue weighted by molar-refractivity contribution is 6.30. The summed E-state index contributed by atoms with van der Waals surface area (Å²) in [4.78, 5) is 0. The summed E-state index contributed by atoms with van der Waals surface area (Å²) in [5.74, 6) is -0.400. The van der Waals surface area contributed by atoms with Crippen LogP contribution in [0.4, 0.5) is 4.39 Å². The van der Waals surface area contributed by atoms with Crippen molar-refractivity contribution in [1.82, 2.24) is 9.78 Å². The minimum absolute atomic E-state index is 0.141. The third-order valence-electron chi connectivity index (χ3n) is 3.84. The van der Waals surface area contributed by atoms with Gasteiger partial charge in [-0.25, -0.2) is 4.39 Å². The van der Waals surface area contributed by atoms with Crippen molar-refractivity contribution in [1.29, 1.82) is 0 Å². The highest BCUT2D eigenvalue weighted by atomic mass is 35.5. The Hall–Kier alpha value is -1.39. The summed E-state index contributed by atoms with van der Waals surface area (Å²) in [5, 5.41) is 4.71. The molecule has 1 heterocycles. The molecular formula is C16H21ClFN3. The van der Waals surface area contributed by atoms with E-state index in [-0.39, 0.29) is 11.1 Å². The molecule has 2 rings (SSSR count). The molecule has 0 aliphatic rings. The van der Waals surface area contributed by atoms with Crippen LogP contribution in [0.5, 0.6) is 0 Å². The fourth-order valence-electron chi connectivity index (χ4n) is 2.40. The van der Waals surface area contributed by atoms with Gasteiger partial charge in [-0.1, -0.05) is 24.6 Å². The normalized spacial score (nSPS) is 12.7. The van der Waals surface area contributed by atoms with E-state index >= 15 is 0 Å². The lowest BCUT2D eigenvalue weighted by Crippen LogP contribution is -2.22.